The average molecular weight is 306 g/mol. The molecule has 0 radical (unpaired) electrons. The highest BCUT2D eigenvalue weighted by Crippen LogP contribution is 2.20. The third kappa shape index (κ3) is 4.23. The van der Waals surface area contributed by atoms with Gasteiger partial charge in [-0.1, -0.05) is 25.5 Å². The Bertz CT molecular complexity index is 555. The lowest BCUT2D eigenvalue weighted by Crippen LogP contribution is -2.33. The summed E-state index contributed by atoms with van der Waals surface area (Å²) in [5, 5.41) is 0.819. The average Bonchev–Trinajstić information content (AvgIpc) is 2.96. The van der Waals surface area contributed by atoms with E-state index >= 15 is 0 Å². The van der Waals surface area contributed by atoms with E-state index in [1.54, 1.807) is 7.11 Å². The van der Waals surface area contributed by atoms with E-state index in [2.05, 4.69) is 16.3 Å². The topological polar surface area (TPSA) is 87.1 Å². The minimum absolute atomic E-state index is 0.0585. The van der Waals surface area contributed by atoms with Crippen LogP contribution in [-0.2, 0) is 6.42 Å². The molecule has 0 saturated carbocycles. The summed E-state index contributed by atoms with van der Waals surface area (Å²) >= 11 is 1.35. The van der Waals surface area contributed by atoms with Crippen molar-refractivity contribution in [2.24, 2.45) is 11.5 Å². The molecule has 114 valence electrons. The maximum atomic E-state index is 6.14. The molecule has 5 nitrogen and oxygen atoms in total. The first kappa shape index (κ1) is 15.9. The molecule has 4 N–H and O–H groups in total. The minimum Gasteiger partial charge on any atom is -0.497 e. The number of methoxy groups -OCH3 is 1. The second-order valence-electron chi connectivity index (χ2n) is 5.05. The zero-order chi connectivity index (χ0) is 15.2. The van der Waals surface area contributed by atoms with E-state index in [1.807, 2.05) is 24.3 Å². The molecule has 0 aliphatic carbocycles. The lowest BCUT2D eigenvalue weighted by Gasteiger charge is -2.15. The molecule has 6 heteroatoms. The lowest BCUT2D eigenvalue weighted by molar-refractivity contribution is 0.414. The van der Waals surface area contributed by atoms with Crippen LogP contribution in [0.4, 0.5) is 0 Å². The molecule has 0 fully saturated rings. The van der Waals surface area contributed by atoms with Gasteiger partial charge < -0.3 is 16.2 Å². The molecule has 0 aliphatic heterocycles. The van der Waals surface area contributed by atoms with Gasteiger partial charge in [-0.25, -0.2) is 4.98 Å². The van der Waals surface area contributed by atoms with E-state index in [-0.39, 0.29) is 12.1 Å². The highest BCUT2D eigenvalue weighted by atomic mass is 32.1. The van der Waals surface area contributed by atoms with Crippen LogP contribution in [0.1, 0.15) is 42.2 Å². The molecule has 1 heterocycles. The van der Waals surface area contributed by atoms with Crippen molar-refractivity contribution in [1.82, 2.24) is 9.36 Å². The standard InChI is InChI=1S/C15H22N4OS/c1-3-4-12(16)14(17)15-18-13(19-21-15)9-10-5-7-11(20-2)8-6-10/h5-8,12,14H,3-4,9,16-17H2,1-2H3. The molecule has 0 aliphatic rings. The molecular weight excluding hydrogens is 284 g/mol. The molecule has 2 aromatic rings. The number of ether oxygens (including phenoxy) is 1. The Kier molecular flexibility index (Phi) is 5.67. The van der Waals surface area contributed by atoms with Crippen molar-refractivity contribution in [3.05, 3.63) is 40.7 Å². The van der Waals surface area contributed by atoms with E-state index in [0.717, 1.165) is 35.0 Å². The Labute approximate surface area is 129 Å². The number of benzene rings is 1. The fourth-order valence-electron chi connectivity index (χ4n) is 2.10. The zero-order valence-electron chi connectivity index (χ0n) is 12.5. The molecule has 2 unspecified atom stereocenters. The molecule has 2 rings (SSSR count). The number of aromatic nitrogens is 2. The predicted molar refractivity (Wildman–Crippen MR) is 85.5 cm³/mol. The number of rotatable bonds is 7. The molecule has 0 amide bonds. The van der Waals surface area contributed by atoms with Crippen LogP contribution in [0.5, 0.6) is 5.75 Å². The summed E-state index contributed by atoms with van der Waals surface area (Å²) in [5.74, 6) is 1.64. The van der Waals surface area contributed by atoms with Gasteiger partial charge in [0.15, 0.2) is 0 Å². The van der Waals surface area contributed by atoms with Gasteiger partial charge in [-0.05, 0) is 35.6 Å². The van der Waals surface area contributed by atoms with Crippen molar-refractivity contribution < 1.29 is 4.74 Å². The summed E-state index contributed by atoms with van der Waals surface area (Å²) in [4.78, 5) is 4.52. The van der Waals surface area contributed by atoms with Crippen LogP contribution < -0.4 is 16.2 Å². The first-order chi connectivity index (χ1) is 10.1. The Hall–Kier alpha value is -1.50. The quantitative estimate of drug-likeness (QED) is 0.819. The van der Waals surface area contributed by atoms with Gasteiger partial charge in [0, 0.05) is 12.5 Å². The van der Waals surface area contributed by atoms with E-state index in [0.29, 0.717) is 6.42 Å². The van der Waals surface area contributed by atoms with E-state index in [9.17, 15) is 0 Å². The highest BCUT2D eigenvalue weighted by molar-refractivity contribution is 7.05. The molecule has 1 aromatic carbocycles. The number of nitrogens with two attached hydrogens (primary N) is 2. The summed E-state index contributed by atoms with van der Waals surface area (Å²) in [5.41, 5.74) is 13.3. The van der Waals surface area contributed by atoms with Gasteiger partial charge in [0.05, 0.1) is 13.2 Å². The maximum Gasteiger partial charge on any atom is 0.147 e. The Morgan fingerprint density at radius 1 is 1.24 bits per heavy atom. The van der Waals surface area contributed by atoms with Crippen molar-refractivity contribution in [3.63, 3.8) is 0 Å². The van der Waals surface area contributed by atoms with Crippen molar-refractivity contribution in [2.45, 2.75) is 38.3 Å². The number of hydrogen-bond acceptors (Lipinski definition) is 6. The van der Waals surface area contributed by atoms with Gasteiger partial charge in [0.25, 0.3) is 0 Å². The van der Waals surface area contributed by atoms with Gasteiger partial charge in [-0.3, -0.25) is 0 Å². The van der Waals surface area contributed by atoms with Crippen LogP contribution in [0, 0.1) is 0 Å². The first-order valence-electron chi connectivity index (χ1n) is 7.10. The Balaban J connectivity index is 2.02. The molecule has 0 spiro atoms. The summed E-state index contributed by atoms with van der Waals surface area (Å²) in [6.45, 7) is 2.10. The smallest absolute Gasteiger partial charge is 0.147 e. The second kappa shape index (κ2) is 7.49. The van der Waals surface area contributed by atoms with Gasteiger partial charge in [0.2, 0.25) is 0 Å². The van der Waals surface area contributed by atoms with Crippen LogP contribution in [0.25, 0.3) is 0 Å². The second-order valence-corrected chi connectivity index (χ2v) is 5.84. The molecular formula is C15H22N4OS. The third-order valence-corrected chi connectivity index (χ3v) is 4.23. The monoisotopic (exact) mass is 306 g/mol. The van der Waals surface area contributed by atoms with Gasteiger partial charge in [-0.15, -0.1) is 0 Å². The number of hydrogen-bond donors (Lipinski definition) is 2. The molecule has 0 saturated heterocycles. The van der Waals surface area contributed by atoms with Crippen molar-refractivity contribution in [3.8, 4) is 5.75 Å². The van der Waals surface area contributed by atoms with Crippen LogP contribution in [0.3, 0.4) is 0 Å². The Morgan fingerprint density at radius 2 is 1.95 bits per heavy atom. The van der Waals surface area contributed by atoms with Crippen LogP contribution >= 0.6 is 11.5 Å². The fourth-order valence-corrected chi connectivity index (χ4v) is 2.84. The first-order valence-corrected chi connectivity index (χ1v) is 7.88. The molecule has 1 aromatic heterocycles. The van der Waals surface area contributed by atoms with Crippen LogP contribution in [0.2, 0.25) is 0 Å². The van der Waals surface area contributed by atoms with Crippen molar-refractivity contribution in [1.29, 1.82) is 0 Å². The van der Waals surface area contributed by atoms with Crippen LogP contribution in [-0.4, -0.2) is 22.5 Å². The maximum absolute atomic E-state index is 6.14. The summed E-state index contributed by atoms with van der Waals surface area (Å²) in [7, 11) is 1.66. The number of nitrogens with zero attached hydrogens (tertiary/aromatic N) is 2. The molecule has 0 bridgehead atoms. The van der Waals surface area contributed by atoms with Gasteiger partial charge in [-0.2, -0.15) is 4.37 Å². The van der Waals surface area contributed by atoms with Crippen molar-refractivity contribution in [2.75, 3.05) is 7.11 Å². The van der Waals surface area contributed by atoms with Gasteiger partial charge >= 0.3 is 0 Å². The summed E-state index contributed by atoms with van der Waals surface area (Å²) < 4.78 is 9.53. The highest BCUT2D eigenvalue weighted by Gasteiger charge is 2.19. The normalized spacial score (nSPS) is 13.9. The SMILES string of the molecule is CCCC(N)C(N)c1nc(Cc2ccc(OC)cc2)ns1. The van der Waals surface area contributed by atoms with Crippen LogP contribution in [0.15, 0.2) is 24.3 Å². The van der Waals surface area contributed by atoms with E-state index in [4.69, 9.17) is 16.2 Å². The predicted octanol–water partition coefficient (Wildman–Crippen LogP) is 2.26. The summed E-state index contributed by atoms with van der Waals surface area (Å²) in [6.07, 6.45) is 2.61. The van der Waals surface area contributed by atoms with E-state index < -0.39 is 0 Å². The van der Waals surface area contributed by atoms with E-state index in [1.165, 1.54) is 11.5 Å². The largest absolute Gasteiger partial charge is 0.497 e. The Morgan fingerprint density at radius 3 is 2.57 bits per heavy atom. The third-order valence-electron chi connectivity index (χ3n) is 3.37. The molecule has 2 atom stereocenters. The van der Waals surface area contributed by atoms with Gasteiger partial charge in [0.1, 0.15) is 16.6 Å². The summed E-state index contributed by atoms with van der Waals surface area (Å²) in [6, 6.07) is 7.62. The molecule has 21 heavy (non-hydrogen) atoms. The zero-order valence-corrected chi connectivity index (χ0v) is 13.3. The fraction of sp³-hybridized carbons (Fsp3) is 0.467. The minimum atomic E-state index is -0.230. The lowest BCUT2D eigenvalue weighted by atomic mass is 10.1. The van der Waals surface area contributed by atoms with Crippen molar-refractivity contribution >= 4 is 11.5 Å².